The van der Waals surface area contributed by atoms with Crippen LogP contribution in [-0.2, 0) is 6.54 Å². The number of nitro groups is 1. The molecule has 0 spiro atoms. The minimum Gasteiger partial charge on any atom is -0.350 e. The normalized spacial score (nSPS) is 12.6. The van der Waals surface area contributed by atoms with Gasteiger partial charge in [0.05, 0.1) is 4.92 Å². The molecule has 1 heterocycles. The number of rotatable bonds is 5. The van der Waals surface area contributed by atoms with E-state index in [-0.39, 0.29) is 16.7 Å². The van der Waals surface area contributed by atoms with Gasteiger partial charge in [-0.3, -0.25) is 10.1 Å². The number of hydrogen-bond donors (Lipinski definition) is 1. The molecule has 0 radical (unpaired) electrons. The van der Waals surface area contributed by atoms with Gasteiger partial charge in [0.1, 0.15) is 0 Å². The van der Waals surface area contributed by atoms with Crippen LogP contribution in [-0.4, -0.2) is 9.49 Å². The summed E-state index contributed by atoms with van der Waals surface area (Å²) < 4.78 is 2.02. The van der Waals surface area contributed by atoms with Gasteiger partial charge in [-0.05, 0) is 30.0 Å². The van der Waals surface area contributed by atoms with E-state index < -0.39 is 0 Å². The number of benzene rings is 1. The second-order valence-electron chi connectivity index (χ2n) is 5.71. The maximum absolute atomic E-state index is 11.0. The molecule has 0 saturated heterocycles. The Morgan fingerprint density at radius 2 is 2.05 bits per heavy atom. The van der Waals surface area contributed by atoms with Crippen LogP contribution >= 0.6 is 0 Å². The molecule has 0 aliphatic carbocycles. The van der Waals surface area contributed by atoms with Gasteiger partial charge in [-0.1, -0.05) is 26.0 Å². The van der Waals surface area contributed by atoms with E-state index in [2.05, 4.69) is 13.8 Å². The van der Waals surface area contributed by atoms with Gasteiger partial charge in [-0.15, -0.1) is 0 Å². The van der Waals surface area contributed by atoms with Crippen LogP contribution in [0, 0.1) is 23.0 Å². The summed E-state index contributed by atoms with van der Waals surface area (Å²) in [5, 5.41) is 11.0. The Morgan fingerprint density at radius 3 is 2.67 bits per heavy atom. The van der Waals surface area contributed by atoms with E-state index in [0.29, 0.717) is 18.0 Å². The van der Waals surface area contributed by atoms with Gasteiger partial charge < -0.3 is 10.3 Å². The molecular weight excluding hydrogens is 266 g/mol. The largest absolute Gasteiger partial charge is 0.350 e. The van der Waals surface area contributed by atoms with Gasteiger partial charge >= 0.3 is 0 Å². The zero-order valence-corrected chi connectivity index (χ0v) is 12.6. The molecule has 0 saturated carbocycles. The Bertz CT molecular complexity index is 647. The third kappa shape index (κ3) is 3.31. The van der Waals surface area contributed by atoms with Crippen molar-refractivity contribution in [1.82, 2.24) is 4.57 Å². The SMILES string of the molecule is Cc1c(Cn2ccc(C(N)C(C)C)c2)cccc1[N+](=O)[O-]. The van der Waals surface area contributed by atoms with Crippen molar-refractivity contribution in [3.63, 3.8) is 0 Å². The summed E-state index contributed by atoms with van der Waals surface area (Å²) in [6, 6.07) is 7.21. The molecule has 0 fully saturated rings. The molecule has 2 rings (SSSR count). The summed E-state index contributed by atoms with van der Waals surface area (Å²) >= 11 is 0. The van der Waals surface area contributed by atoms with Crippen LogP contribution in [0.25, 0.3) is 0 Å². The summed E-state index contributed by atoms with van der Waals surface area (Å²) in [6.45, 7) is 6.58. The first-order chi connectivity index (χ1) is 9.90. The molecule has 1 aromatic heterocycles. The van der Waals surface area contributed by atoms with Crippen molar-refractivity contribution in [2.45, 2.75) is 33.4 Å². The van der Waals surface area contributed by atoms with Crippen molar-refractivity contribution in [2.24, 2.45) is 11.7 Å². The zero-order chi connectivity index (χ0) is 15.6. The van der Waals surface area contributed by atoms with Crippen molar-refractivity contribution in [1.29, 1.82) is 0 Å². The van der Waals surface area contributed by atoms with Gasteiger partial charge in [0.15, 0.2) is 0 Å². The third-order valence-corrected chi connectivity index (χ3v) is 3.84. The predicted octanol–water partition coefficient (Wildman–Crippen LogP) is 3.41. The number of nitro benzene ring substituents is 1. The highest BCUT2D eigenvalue weighted by molar-refractivity contribution is 5.44. The molecule has 112 valence electrons. The van der Waals surface area contributed by atoms with Crippen LogP contribution in [0.15, 0.2) is 36.7 Å². The number of nitrogens with zero attached hydrogens (tertiary/aromatic N) is 2. The van der Waals surface area contributed by atoms with Gasteiger partial charge in [0.2, 0.25) is 0 Å². The predicted molar refractivity (Wildman–Crippen MR) is 83.1 cm³/mol. The van der Waals surface area contributed by atoms with Crippen LogP contribution < -0.4 is 5.73 Å². The minimum atomic E-state index is -0.339. The fourth-order valence-corrected chi connectivity index (χ4v) is 2.38. The Balaban J connectivity index is 2.23. The van der Waals surface area contributed by atoms with Crippen molar-refractivity contribution in [3.05, 3.63) is 63.5 Å². The van der Waals surface area contributed by atoms with Gasteiger partial charge in [0, 0.05) is 36.6 Å². The lowest BCUT2D eigenvalue weighted by Crippen LogP contribution is -2.16. The van der Waals surface area contributed by atoms with Gasteiger partial charge in [0.25, 0.3) is 5.69 Å². The topological polar surface area (TPSA) is 74.1 Å². The summed E-state index contributed by atoms with van der Waals surface area (Å²) in [7, 11) is 0. The van der Waals surface area contributed by atoms with E-state index in [1.54, 1.807) is 13.0 Å². The summed E-state index contributed by atoms with van der Waals surface area (Å²) in [5.74, 6) is 0.375. The number of nitrogens with two attached hydrogens (primary N) is 1. The van der Waals surface area contributed by atoms with E-state index in [0.717, 1.165) is 11.1 Å². The Kier molecular flexibility index (Phi) is 4.43. The zero-order valence-electron chi connectivity index (χ0n) is 12.6. The average molecular weight is 287 g/mol. The fourth-order valence-electron chi connectivity index (χ4n) is 2.38. The fraction of sp³-hybridized carbons (Fsp3) is 0.375. The highest BCUT2D eigenvalue weighted by Gasteiger charge is 2.15. The lowest BCUT2D eigenvalue weighted by atomic mass is 10.00. The molecule has 1 atom stereocenters. The third-order valence-electron chi connectivity index (χ3n) is 3.84. The van der Waals surface area contributed by atoms with Crippen molar-refractivity contribution in [2.75, 3.05) is 0 Å². The van der Waals surface area contributed by atoms with Gasteiger partial charge in [-0.2, -0.15) is 0 Å². The monoisotopic (exact) mass is 287 g/mol. The van der Waals surface area contributed by atoms with Crippen LogP contribution in [0.2, 0.25) is 0 Å². The van der Waals surface area contributed by atoms with Crippen LogP contribution in [0.3, 0.4) is 0 Å². The Labute approximate surface area is 124 Å². The molecule has 5 heteroatoms. The molecular formula is C16H21N3O2. The summed E-state index contributed by atoms with van der Waals surface area (Å²) in [6.07, 6.45) is 3.98. The lowest BCUT2D eigenvalue weighted by molar-refractivity contribution is -0.385. The van der Waals surface area contributed by atoms with E-state index in [9.17, 15) is 10.1 Å². The van der Waals surface area contributed by atoms with Crippen molar-refractivity contribution < 1.29 is 4.92 Å². The molecule has 21 heavy (non-hydrogen) atoms. The summed E-state index contributed by atoms with van der Waals surface area (Å²) in [5.41, 5.74) is 9.05. The van der Waals surface area contributed by atoms with E-state index in [1.807, 2.05) is 29.1 Å². The average Bonchev–Trinajstić information content (AvgIpc) is 2.88. The Morgan fingerprint density at radius 1 is 1.33 bits per heavy atom. The van der Waals surface area contributed by atoms with Gasteiger partial charge in [-0.25, -0.2) is 0 Å². The molecule has 2 N–H and O–H groups in total. The van der Waals surface area contributed by atoms with Crippen molar-refractivity contribution >= 4 is 5.69 Å². The second-order valence-corrected chi connectivity index (χ2v) is 5.71. The smallest absolute Gasteiger partial charge is 0.272 e. The quantitative estimate of drug-likeness (QED) is 0.676. The molecule has 5 nitrogen and oxygen atoms in total. The Hall–Kier alpha value is -2.14. The van der Waals surface area contributed by atoms with E-state index in [4.69, 9.17) is 5.73 Å². The first kappa shape index (κ1) is 15.3. The molecule has 0 aliphatic heterocycles. The van der Waals surface area contributed by atoms with E-state index >= 15 is 0 Å². The molecule has 2 aromatic rings. The lowest BCUT2D eigenvalue weighted by Gasteiger charge is -2.13. The maximum atomic E-state index is 11.0. The molecule has 1 unspecified atom stereocenters. The number of hydrogen-bond acceptors (Lipinski definition) is 3. The molecule has 0 amide bonds. The first-order valence-corrected chi connectivity index (χ1v) is 7.04. The highest BCUT2D eigenvalue weighted by Crippen LogP contribution is 2.23. The molecule has 0 bridgehead atoms. The van der Waals surface area contributed by atoms with Crippen LogP contribution in [0.4, 0.5) is 5.69 Å². The molecule has 1 aromatic carbocycles. The number of aromatic nitrogens is 1. The summed E-state index contributed by atoms with van der Waals surface area (Å²) in [4.78, 5) is 10.6. The van der Waals surface area contributed by atoms with E-state index in [1.165, 1.54) is 6.07 Å². The van der Waals surface area contributed by atoms with Crippen molar-refractivity contribution in [3.8, 4) is 0 Å². The second kappa shape index (κ2) is 6.10. The highest BCUT2D eigenvalue weighted by atomic mass is 16.6. The molecule has 0 aliphatic rings. The maximum Gasteiger partial charge on any atom is 0.272 e. The van der Waals surface area contributed by atoms with Crippen LogP contribution in [0.5, 0.6) is 0 Å². The first-order valence-electron chi connectivity index (χ1n) is 7.04. The van der Waals surface area contributed by atoms with Crippen LogP contribution in [0.1, 0.15) is 36.6 Å². The minimum absolute atomic E-state index is 0.0115. The standard InChI is InChI=1S/C16H21N3O2/c1-11(2)16(17)14-7-8-18(10-14)9-13-5-4-6-15(12(13)3)19(20)21/h4-8,10-11,16H,9,17H2,1-3H3.